The second kappa shape index (κ2) is 3.12. The summed E-state index contributed by atoms with van der Waals surface area (Å²) in [5, 5.41) is -1.38. The van der Waals surface area contributed by atoms with Gasteiger partial charge in [0.25, 0.3) is 5.06 Å². The van der Waals surface area contributed by atoms with Gasteiger partial charge in [-0.25, -0.2) is 4.79 Å². The lowest BCUT2D eigenvalue weighted by atomic mass is 10.0. The summed E-state index contributed by atoms with van der Waals surface area (Å²) in [7, 11) is 2.80. The van der Waals surface area contributed by atoms with Gasteiger partial charge in [0.1, 0.15) is 5.60 Å². The molecule has 0 saturated carbocycles. The molecule has 1 rings (SSSR count). The van der Waals surface area contributed by atoms with Crippen molar-refractivity contribution in [1.82, 2.24) is 0 Å². The van der Waals surface area contributed by atoms with E-state index in [9.17, 15) is 4.79 Å². The number of alkyl halides is 1. The molecule has 3 unspecified atom stereocenters. The summed E-state index contributed by atoms with van der Waals surface area (Å²) in [5.41, 5.74) is -0.795. The zero-order valence-electron chi connectivity index (χ0n) is 8.09. The maximum absolute atomic E-state index is 11.2. The highest BCUT2D eigenvalue weighted by Gasteiger charge is 2.75. The molecule has 1 saturated heterocycles. The molecule has 1 aliphatic heterocycles. The second-order valence-electron chi connectivity index (χ2n) is 3.17. The number of hydrogen-bond donors (Lipinski definition) is 0. The Bertz CT molecular complexity index is 232. The molecule has 0 radical (unpaired) electrons. The molecule has 0 aromatic heterocycles. The van der Waals surface area contributed by atoms with Crippen LogP contribution in [-0.4, -0.2) is 37.0 Å². The first-order chi connectivity index (χ1) is 5.92. The maximum Gasteiger partial charge on any atom is 0.357 e. The zero-order valence-corrected chi connectivity index (χ0v) is 8.84. The number of epoxide rings is 1. The third-order valence-corrected chi connectivity index (χ3v) is 3.13. The molecule has 1 aliphatic rings. The molecule has 5 heteroatoms. The van der Waals surface area contributed by atoms with Crippen LogP contribution in [0.5, 0.6) is 0 Å². The first-order valence-electron chi connectivity index (χ1n) is 3.92. The molecule has 76 valence electrons. The van der Waals surface area contributed by atoms with Gasteiger partial charge in [-0.05, 0) is 13.8 Å². The number of ether oxygens (including phenoxy) is 3. The number of hydrogen-bond acceptors (Lipinski definition) is 4. The first-order valence-corrected chi connectivity index (χ1v) is 4.30. The van der Waals surface area contributed by atoms with Crippen molar-refractivity contribution < 1.29 is 19.0 Å². The topological polar surface area (TPSA) is 48.1 Å². The quantitative estimate of drug-likeness (QED) is 0.393. The van der Waals surface area contributed by atoms with Gasteiger partial charge in [-0.3, -0.25) is 0 Å². The molecular weight excluding hydrogens is 196 g/mol. The van der Waals surface area contributed by atoms with Crippen molar-refractivity contribution in [2.45, 2.75) is 30.6 Å². The molecule has 3 atom stereocenters. The molecule has 13 heavy (non-hydrogen) atoms. The summed E-state index contributed by atoms with van der Waals surface area (Å²) in [6, 6.07) is 0. The van der Waals surface area contributed by atoms with Crippen LogP contribution in [0.3, 0.4) is 0 Å². The van der Waals surface area contributed by atoms with Gasteiger partial charge >= 0.3 is 5.97 Å². The van der Waals surface area contributed by atoms with Gasteiger partial charge in [-0.15, -0.1) is 0 Å². The average molecular weight is 209 g/mol. The normalized spacial score (nSPS) is 39.8. The third kappa shape index (κ3) is 1.33. The monoisotopic (exact) mass is 208 g/mol. The third-order valence-electron chi connectivity index (χ3n) is 2.53. The van der Waals surface area contributed by atoms with Crippen molar-refractivity contribution in [2.75, 3.05) is 14.2 Å². The summed E-state index contributed by atoms with van der Waals surface area (Å²) in [4.78, 5) is 11.2. The Morgan fingerprint density at radius 2 is 2.08 bits per heavy atom. The van der Waals surface area contributed by atoms with Crippen molar-refractivity contribution in [3.05, 3.63) is 0 Å². The fourth-order valence-corrected chi connectivity index (χ4v) is 1.60. The second-order valence-corrected chi connectivity index (χ2v) is 3.71. The predicted octanol–water partition coefficient (Wildman–Crippen LogP) is 0.918. The van der Waals surface area contributed by atoms with Gasteiger partial charge in [0, 0.05) is 7.11 Å². The minimum absolute atomic E-state index is 0.260. The SMILES string of the molecule is COC(=O)C1(Cl)OC1(C)C(C)OC. The Labute approximate surface area is 82.1 Å². The van der Waals surface area contributed by atoms with E-state index in [1.807, 2.05) is 0 Å². The van der Waals surface area contributed by atoms with E-state index in [1.165, 1.54) is 14.2 Å². The van der Waals surface area contributed by atoms with Crippen LogP contribution >= 0.6 is 11.6 Å². The van der Waals surface area contributed by atoms with E-state index in [1.54, 1.807) is 13.8 Å². The van der Waals surface area contributed by atoms with Crippen molar-refractivity contribution in [3.8, 4) is 0 Å². The molecule has 0 aromatic carbocycles. The lowest BCUT2D eigenvalue weighted by Crippen LogP contribution is -2.36. The van der Waals surface area contributed by atoms with Crippen LogP contribution in [-0.2, 0) is 19.0 Å². The van der Waals surface area contributed by atoms with Crippen LogP contribution in [0.1, 0.15) is 13.8 Å². The van der Waals surface area contributed by atoms with Crippen LogP contribution in [0, 0.1) is 0 Å². The van der Waals surface area contributed by atoms with E-state index in [2.05, 4.69) is 4.74 Å². The molecule has 0 bridgehead atoms. The summed E-state index contributed by atoms with van der Waals surface area (Å²) >= 11 is 5.90. The van der Waals surface area contributed by atoms with Gasteiger partial charge in [-0.1, -0.05) is 11.6 Å². The molecule has 1 fully saturated rings. The fourth-order valence-electron chi connectivity index (χ4n) is 1.21. The van der Waals surface area contributed by atoms with Crippen molar-refractivity contribution in [1.29, 1.82) is 0 Å². The maximum atomic E-state index is 11.2. The van der Waals surface area contributed by atoms with E-state index >= 15 is 0 Å². The molecule has 0 aromatic rings. The van der Waals surface area contributed by atoms with Gasteiger partial charge in [0.05, 0.1) is 13.2 Å². The molecule has 1 heterocycles. The highest BCUT2D eigenvalue weighted by Crippen LogP contribution is 2.54. The Balaban J connectivity index is 2.75. The Morgan fingerprint density at radius 3 is 2.46 bits per heavy atom. The Kier molecular flexibility index (Phi) is 2.58. The van der Waals surface area contributed by atoms with Gasteiger partial charge in [0.15, 0.2) is 0 Å². The van der Waals surface area contributed by atoms with E-state index in [4.69, 9.17) is 21.1 Å². The van der Waals surface area contributed by atoms with Crippen molar-refractivity contribution in [3.63, 3.8) is 0 Å². The summed E-state index contributed by atoms with van der Waals surface area (Å²) in [5.74, 6) is -0.583. The minimum Gasteiger partial charge on any atom is -0.466 e. The number of esters is 1. The largest absolute Gasteiger partial charge is 0.466 e. The van der Waals surface area contributed by atoms with Crippen molar-refractivity contribution in [2.24, 2.45) is 0 Å². The Morgan fingerprint density at radius 1 is 1.54 bits per heavy atom. The van der Waals surface area contributed by atoms with Gasteiger partial charge < -0.3 is 14.2 Å². The summed E-state index contributed by atoms with van der Waals surface area (Å²) in [6.45, 7) is 3.50. The lowest BCUT2D eigenvalue weighted by molar-refractivity contribution is -0.143. The smallest absolute Gasteiger partial charge is 0.357 e. The number of carbonyl (C=O) groups is 1. The Hall–Kier alpha value is -0.320. The highest BCUT2D eigenvalue weighted by molar-refractivity contribution is 6.36. The van der Waals surface area contributed by atoms with Crippen LogP contribution in [0.4, 0.5) is 0 Å². The number of rotatable bonds is 3. The van der Waals surface area contributed by atoms with Crippen LogP contribution < -0.4 is 0 Å². The standard InChI is InChI=1S/C8H13ClO4/c1-5(11-3)7(2)8(9,13-7)6(10)12-4/h5H,1-4H3. The number of halogens is 1. The highest BCUT2D eigenvalue weighted by atomic mass is 35.5. The predicted molar refractivity (Wildman–Crippen MR) is 46.6 cm³/mol. The molecule has 0 spiro atoms. The van der Waals surface area contributed by atoms with Crippen LogP contribution in [0.15, 0.2) is 0 Å². The number of methoxy groups -OCH3 is 2. The van der Waals surface area contributed by atoms with E-state index in [-0.39, 0.29) is 6.10 Å². The fraction of sp³-hybridized carbons (Fsp3) is 0.875. The van der Waals surface area contributed by atoms with Gasteiger partial charge in [0.2, 0.25) is 0 Å². The molecule has 0 N–H and O–H groups in total. The van der Waals surface area contributed by atoms with Crippen molar-refractivity contribution >= 4 is 17.6 Å². The molecule has 4 nitrogen and oxygen atoms in total. The molecule has 0 amide bonds. The summed E-state index contributed by atoms with van der Waals surface area (Å²) in [6.07, 6.45) is -0.260. The molecular formula is C8H13ClO4. The zero-order chi connectivity index (χ0) is 10.3. The molecule has 0 aliphatic carbocycles. The number of carbonyl (C=O) groups excluding carboxylic acids is 1. The van der Waals surface area contributed by atoms with E-state index in [0.717, 1.165) is 0 Å². The van der Waals surface area contributed by atoms with Crippen LogP contribution in [0.2, 0.25) is 0 Å². The first kappa shape index (κ1) is 10.8. The lowest BCUT2D eigenvalue weighted by Gasteiger charge is -2.15. The van der Waals surface area contributed by atoms with E-state index in [0.29, 0.717) is 0 Å². The average Bonchev–Trinajstić information content (AvgIpc) is 2.69. The van der Waals surface area contributed by atoms with Gasteiger partial charge in [-0.2, -0.15) is 0 Å². The minimum atomic E-state index is -1.38. The summed E-state index contributed by atoms with van der Waals surface area (Å²) < 4.78 is 14.7. The van der Waals surface area contributed by atoms with E-state index < -0.39 is 16.6 Å². The van der Waals surface area contributed by atoms with Crippen LogP contribution in [0.25, 0.3) is 0 Å².